The van der Waals surface area contributed by atoms with Gasteiger partial charge in [0.15, 0.2) is 0 Å². The van der Waals surface area contributed by atoms with Crippen molar-refractivity contribution in [1.82, 2.24) is 10.2 Å². The van der Waals surface area contributed by atoms with Crippen LogP contribution < -0.4 is 5.32 Å². The molecule has 1 saturated carbocycles. The molecule has 2 fully saturated rings. The maximum absolute atomic E-state index is 13.6. The van der Waals surface area contributed by atoms with Crippen molar-refractivity contribution in [2.24, 2.45) is 5.92 Å². The van der Waals surface area contributed by atoms with E-state index < -0.39 is 5.92 Å². The summed E-state index contributed by atoms with van der Waals surface area (Å²) in [5, 5.41) is 3.23. The van der Waals surface area contributed by atoms with Gasteiger partial charge in [-0.05, 0) is 12.8 Å². The number of halogens is 2. The van der Waals surface area contributed by atoms with Crippen molar-refractivity contribution in [3.8, 4) is 0 Å². The minimum absolute atomic E-state index is 0.0532. The highest BCUT2D eigenvalue weighted by atomic mass is 19.3. The molecular weight excluding hydrogens is 198 g/mol. The molecule has 0 radical (unpaired) electrons. The van der Waals surface area contributed by atoms with Crippen LogP contribution in [-0.4, -0.2) is 43.5 Å². The van der Waals surface area contributed by atoms with E-state index in [9.17, 15) is 8.78 Å². The van der Waals surface area contributed by atoms with Crippen molar-refractivity contribution in [2.45, 2.75) is 31.6 Å². The summed E-state index contributed by atoms with van der Waals surface area (Å²) < 4.78 is 27.2. The Morgan fingerprint density at radius 1 is 1.20 bits per heavy atom. The summed E-state index contributed by atoms with van der Waals surface area (Å²) in [4.78, 5) is 2.14. The Morgan fingerprint density at radius 3 is 2.40 bits per heavy atom. The van der Waals surface area contributed by atoms with Crippen LogP contribution in [0.15, 0.2) is 0 Å². The van der Waals surface area contributed by atoms with Crippen molar-refractivity contribution >= 4 is 0 Å². The first-order chi connectivity index (χ1) is 7.18. The smallest absolute Gasteiger partial charge is 0.252 e. The standard InChI is InChI=1S/C11H20F2N2/c12-11(13,10-2-1-3-10)4-7-15-8-5-14-6-9-15/h10,14H,1-9H2. The maximum Gasteiger partial charge on any atom is 0.252 e. The Morgan fingerprint density at radius 2 is 1.87 bits per heavy atom. The van der Waals surface area contributed by atoms with E-state index in [0.717, 1.165) is 45.4 Å². The van der Waals surface area contributed by atoms with Crippen LogP contribution in [0.1, 0.15) is 25.7 Å². The lowest BCUT2D eigenvalue weighted by molar-refractivity contribution is -0.0977. The number of hydrogen-bond acceptors (Lipinski definition) is 2. The largest absolute Gasteiger partial charge is 0.314 e. The highest BCUT2D eigenvalue weighted by Crippen LogP contribution is 2.41. The highest BCUT2D eigenvalue weighted by Gasteiger charge is 2.42. The van der Waals surface area contributed by atoms with Crippen LogP contribution in [0.4, 0.5) is 8.78 Å². The number of piperazine rings is 1. The van der Waals surface area contributed by atoms with Crippen LogP contribution in [0.5, 0.6) is 0 Å². The van der Waals surface area contributed by atoms with Gasteiger partial charge < -0.3 is 10.2 Å². The average molecular weight is 218 g/mol. The maximum atomic E-state index is 13.6. The first-order valence-corrected chi connectivity index (χ1v) is 5.99. The van der Waals surface area contributed by atoms with Crippen LogP contribution in [-0.2, 0) is 0 Å². The monoisotopic (exact) mass is 218 g/mol. The van der Waals surface area contributed by atoms with Crippen molar-refractivity contribution in [2.75, 3.05) is 32.7 Å². The van der Waals surface area contributed by atoms with E-state index in [1.54, 1.807) is 0 Å². The molecular formula is C11H20F2N2. The lowest BCUT2D eigenvalue weighted by Crippen LogP contribution is -2.45. The van der Waals surface area contributed by atoms with Gasteiger partial charge in [-0.3, -0.25) is 0 Å². The van der Waals surface area contributed by atoms with E-state index in [0.29, 0.717) is 6.54 Å². The van der Waals surface area contributed by atoms with Gasteiger partial charge in [0.2, 0.25) is 0 Å². The van der Waals surface area contributed by atoms with E-state index in [2.05, 4.69) is 10.2 Å². The molecule has 1 aliphatic heterocycles. The zero-order valence-electron chi connectivity index (χ0n) is 9.14. The Kier molecular flexibility index (Phi) is 3.57. The highest BCUT2D eigenvalue weighted by molar-refractivity contribution is 4.84. The van der Waals surface area contributed by atoms with E-state index in [4.69, 9.17) is 0 Å². The molecule has 0 atom stereocenters. The second-order valence-corrected chi connectivity index (χ2v) is 4.73. The Hall–Kier alpha value is -0.220. The quantitative estimate of drug-likeness (QED) is 0.773. The second kappa shape index (κ2) is 4.74. The molecule has 0 aromatic carbocycles. The molecule has 0 aromatic rings. The van der Waals surface area contributed by atoms with E-state index in [-0.39, 0.29) is 12.3 Å². The van der Waals surface area contributed by atoms with E-state index >= 15 is 0 Å². The molecule has 4 heteroatoms. The molecule has 2 nitrogen and oxygen atoms in total. The number of alkyl halides is 2. The van der Waals surface area contributed by atoms with E-state index in [1.807, 2.05) is 0 Å². The third kappa shape index (κ3) is 2.88. The molecule has 1 saturated heterocycles. The summed E-state index contributed by atoms with van der Waals surface area (Å²) in [6.45, 7) is 4.27. The molecule has 0 unspecified atom stereocenters. The molecule has 2 aliphatic rings. The third-order valence-electron chi connectivity index (χ3n) is 3.67. The molecule has 1 heterocycles. The molecule has 15 heavy (non-hydrogen) atoms. The van der Waals surface area contributed by atoms with Crippen LogP contribution >= 0.6 is 0 Å². The lowest BCUT2D eigenvalue weighted by Gasteiger charge is -2.35. The van der Waals surface area contributed by atoms with Gasteiger partial charge in [0, 0.05) is 45.1 Å². The molecule has 0 aromatic heterocycles. The Labute approximate surface area is 90.0 Å². The van der Waals surface area contributed by atoms with Crippen LogP contribution in [0.3, 0.4) is 0 Å². The van der Waals surface area contributed by atoms with Crippen molar-refractivity contribution in [3.63, 3.8) is 0 Å². The van der Waals surface area contributed by atoms with Crippen LogP contribution in [0, 0.1) is 5.92 Å². The summed E-state index contributed by atoms with van der Waals surface area (Å²) in [6.07, 6.45) is 2.51. The molecule has 1 aliphatic carbocycles. The van der Waals surface area contributed by atoms with E-state index in [1.165, 1.54) is 0 Å². The van der Waals surface area contributed by atoms with Gasteiger partial charge in [0.25, 0.3) is 5.92 Å². The first kappa shape index (κ1) is 11.3. The molecule has 0 spiro atoms. The molecule has 0 amide bonds. The Bertz CT molecular complexity index is 199. The Balaban J connectivity index is 1.70. The number of nitrogens with zero attached hydrogens (tertiary/aromatic N) is 1. The average Bonchev–Trinajstić information content (AvgIpc) is 2.13. The normalized spacial score (nSPS) is 25.2. The predicted molar refractivity (Wildman–Crippen MR) is 56.2 cm³/mol. The van der Waals surface area contributed by atoms with Crippen molar-refractivity contribution in [1.29, 1.82) is 0 Å². The molecule has 0 bridgehead atoms. The third-order valence-corrected chi connectivity index (χ3v) is 3.67. The fourth-order valence-corrected chi connectivity index (χ4v) is 2.28. The van der Waals surface area contributed by atoms with Crippen molar-refractivity contribution in [3.05, 3.63) is 0 Å². The summed E-state index contributed by atoms with van der Waals surface area (Å²) in [5.74, 6) is -2.73. The summed E-state index contributed by atoms with van der Waals surface area (Å²) in [5.41, 5.74) is 0. The van der Waals surface area contributed by atoms with Crippen LogP contribution in [0.2, 0.25) is 0 Å². The second-order valence-electron chi connectivity index (χ2n) is 4.73. The minimum atomic E-state index is -2.41. The summed E-state index contributed by atoms with van der Waals surface area (Å²) in [7, 11) is 0. The number of hydrogen-bond donors (Lipinski definition) is 1. The first-order valence-electron chi connectivity index (χ1n) is 5.99. The van der Waals surface area contributed by atoms with Gasteiger partial charge in [-0.15, -0.1) is 0 Å². The molecule has 2 rings (SSSR count). The van der Waals surface area contributed by atoms with Gasteiger partial charge in [-0.1, -0.05) is 6.42 Å². The fourth-order valence-electron chi connectivity index (χ4n) is 2.28. The molecule has 1 N–H and O–H groups in total. The van der Waals surface area contributed by atoms with Crippen LogP contribution in [0.25, 0.3) is 0 Å². The summed E-state index contributed by atoms with van der Waals surface area (Å²) in [6, 6.07) is 0. The van der Waals surface area contributed by atoms with Gasteiger partial charge in [-0.2, -0.15) is 0 Å². The van der Waals surface area contributed by atoms with Gasteiger partial charge in [-0.25, -0.2) is 8.78 Å². The van der Waals surface area contributed by atoms with Gasteiger partial charge >= 0.3 is 0 Å². The summed E-state index contributed by atoms with van der Waals surface area (Å²) >= 11 is 0. The topological polar surface area (TPSA) is 15.3 Å². The fraction of sp³-hybridized carbons (Fsp3) is 1.00. The minimum Gasteiger partial charge on any atom is -0.314 e. The zero-order valence-corrected chi connectivity index (χ0v) is 9.14. The van der Waals surface area contributed by atoms with Crippen molar-refractivity contribution < 1.29 is 8.78 Å². The molecule has 88 valence electrons. The SMILES string of the molecule is FC(F)(CCN1CCNCC1)C1CCC1. The predicted octanol–water partition coefficient (Wildman–Crippen LogP) is 1.72. The number of rotatable bonds is 4. The van der Waals surface area contributed by atoms with Gasteiger partial charge in [0.1, 0.15) is 0 Å². The number of nitrogens with one attached hydrogen (secondary N) is 1. The zero-order chi connectivity index (χ0) is 10.7. The lowest BCUT2D eigenvalue weighted by atomic mass is 9.79. The van der Waals surface area contributed by atoms with Gasteiger partial charge in [0.05, 0.1) is 0 Å².